The van der Waals surface area contributed by atoms with E-state index in [1.54, 1.807) is 37.3 Å². The van der Waals surface area contributed by atoms with Crippen LogP contribution >= 0.6 is 0 Å². The van der Waals surface area contributed by atoms with Gasteiger partial charge in [0.2, 0.25) is 5.91 Å². The lowest BCUT2D eigenvalue weighted by atomic mass is 9.99. The van der Waals surface area contributed by atoms with Gasteiger partial charge in [-0.05, 0) is 50.1 Å². The van der Waals surface area contributed by atoms with Gasteiger partial charge in [-0.25, -0.2) is 0 Å². The van der Waals surface area contributed by atoms with Gasteiger partial charge in [-0.2, -0.15) is 0 Å². The zero-order valence-corrected chi connectivity index (χ0v) is 23.2. The van der Waals surface area contributed by atoms with Gasteiger partial charge in [0.05, 0.1) is 17.7 Å². The molecule has 2 aliphatic heterocycles. The first-order chi connectivity index (χ1) is 18.8. The molecule has 4 rings (SSSR count). The van der Waals surface area contributed by atoms with E-state index < -0.39 is 0 Å². The highest BCUT2D eigenvalue weighted by Crippen LogP contribution is 2.28. The van der Waals surface area contributed by atoms with Gasteiger partial charge in [0.1, 0.15) is 12.4 Å². The number of carbonyl (C=O) groups is 3. The Kier molecular flexibility index (Phi) is 9.59. The number of hydrogen-bond donors (Lipinski definition) is 1. The van der Waals surface area contributed by atoms with Crippen LogP contribution < -0.4 is 10.1 Å². The van der Waals surface area contributed by atoms with E-state index >= 15 is 0 Å². The molecule has 0 spiro atoms. The second-order valence-corrected chi connectivity index (χ2v) is 10.5. The molecule has 9 heteroatoms. The van der Waals surface area contributed by atoms with Gasteiger partial charge in [0.25, 0.3) is 11.8 Å². The fourth-order valence-corrected chi connectivity index (χ4v) is 5.09. The minimum atomic E-state index is -0.294. The van der Waals surface area contributed by atoms with Crippen molar-refractivity contribution in [2.24, 2.45) is 11.8 Å². The average Bonchev–Trinajstić information content (AvgIpc) is 2.97. The number of fused-ring (bicyclic) bond motifs is 1. The molecule has 1 fully saturated rings. The highest BCUT2D eigenvalue weighted by atomic mass is 16.5. The summed E-state index contributed by atoms with van der Waals surface area (Å²) in [4.78, 5) is 43.4. The Balaban J connectivity index is 1.62. The molecule has 0 aliphatic carbocycles. The smallest absolute Gasteiger partial charge is 0.257 e. The number of rotatable bonds is 4. The fourth-order valence-electron chi connectivity index (χ4n) is 5.09. The fraction of sp³-hybridized carbons (Fsp3) is 0.500. The van der Waals surface area contributed by atoms with Crippen LogP contribution in [0, 0.1) is 11.8 Å². The summed E-state index contributed by atoms with van der Waals surface area (Å²) in [5, 5.41) is 2.96. The van der Waals surface area contributed by atoms with E-state index in [2.05, 4.69) is 5.32 Å². The first-order valence-corrected chi connectivity index (χ1v) is 13.6. The molecular formula is C30H39N3O6. The van der Waals surface area contributed by atoms with Gasteiger partial charge in [-0.15, -0.1) is 0 Å². The average molecular weight is 538 g/mol. The highest BCUT2D eigenvalue weighted by Gasteiger charge is 2.31. The molecule has 3 atom stereocenters. The van der Waals surface area contributed by atoms with Crippen molar-refractivity contribution in [3.05, 3.63) is 59.7 Å². The number of nitrogens with one attached hydrogen (secondary N) is 1. The third-order valence-corrected chi connectivity index (χ3v) is 7.59. The van der Waals surface area contributed by atoms with Crippen molar-refractivity contribution < 1.29 is 28.6 Å². The first kappa shape index (κ1) is 28.6. The second kappa shape index (κ2) is 13.1. The quantitative estimate of drug-likeness (QED) is 0.639. The zero-order valence-electron chi connectivity index (χ0n) is 23.2. The predicted octanol–water partition coefficient (Wildman–Crippen LogP) is 3.70. The minimum absolute atomic E-state index is 0.0515. The predicted molar refractivity (Wildman–Crippen MR) is 148 cm³/mol. The van der Waals surface area contributed by atoms with E-state index in [9.17, 15) is 14.4 Å². The lowest BCUT2D eigenvalue weighted by Gasteiger charge is -2.36. The first-order valence-electron chi connectivity index (χ1n) is 13.6. The number of benzene rings is 2. The summed E-state index contributed by atoms with van der Waals surface area (Å²) in [5.41, 5.74) is 1.49. The Hall–Kier alpha value is -3.43. The topological polar surface area (TPSA) is 97.4 Å². The molecule has 2 heterocycles. The lowest BCUT2D eigenvalue weighted by molar-refractivity contribution is -0.122. The summed E-state index contributed by atoms with van der Waals surface area (Å²) >= 11 is 0. The summed E-state index contributed by atoms with van der Waals surface area (Å²) < 4.78 is 17.3. The number of nitrogens with zero attached hydrogens (tertiary/aromatic N) is 2. The van der Waals surface area contributed by atoms with Gasteiger partial charge in [0, 0.05) is 63.5 Å². The zero-order chi connectivity index (χ0) is 27.9. The lowest BCUT2D eigenvalue weighted by Crippen LogP contribution is -2.48. The third-order valence-electron chi connectivity index (χ3n) is 7.59. The molecular weight excluding hydrogens is 498 g/mol. The van der Waals surface area contributed by atoms with Gasteiger partial charge >= 0.3 is 0 Å². The molecule has 0 aromatic heterocycles. The van der Waals surface area contributed by atoms with E-state index in [0.29, 0.717) is 61.7 Å². The van der Waals surface area contributed by atoms with Gasteiger partial charge in [-0.3, -0.25) is 14.4 Å². The van der Waals surface area contributed by atoms with E-state index in [4.69, 9.17) is 14.2 Å². The van der Waals surface area contributed by atoms with E-state index in [-0.39, 0.29) is 48.3 Å². The van der Waals surface area contributed by atoms with Crippen molar-refractivity contribution in [3.63, 3.8) is 0 Å². The second-order valence-electron chi connectivity index (χ2n) is 10.5. The standard InChI is InChI=1S/C30H39N3O6/c1-20-17-33(29(35)23-8-6-5-7-9-23)21(2)19-39-26-11-10-24(31-28(34)22-12-14-38-15-13-22)16-25(26)30(36)32(3)18-27(20)37-4/h5-11,16,20-22,27H,12-15,17-19H2,1-4H3,(H,31,34)/t20-,21-,27-/m0/s1. The van der Waals surface area contributed by atoms with Crippen LogP contribution in [0.1, 0.15) is 47.4 Å². The number of anilines is 1. The van der Waals surface area contributed by atoms with Crippen LogP contribution in [-0.2, 0) is 14.3 Å². The molecule has 9 nitrogen and oxygen atoms in total. The van der Waals surface area contributed by atoms with Crippen molar-refractivity contribution >= 4 is 23.4 Å². The van der Waals surface area contributed by atoms with Crippen molar-refractivity contribution in [1.82, 2.24) is 9.80 Å². The Morgan fingerprint density at radius 3 is 2.44 bits per heavy atom. The molecule has 210 valence electrons. The molecule has 39 heavy (non-hydrogen) atoms. The number of likely N-dealkylation sites (N-methyl/N-ethyl adjacent to an activating group) is 1. The van der Waals surface area contributed by atoms with Crippen molar-refractivity contribution in [2.45, 2.75) is 38.8 Å². The Labute approximate surface area is 230 Å². The Morgan fingerprint density at radius 2 is 1.74 bits per heavy atom. The maximum absolute atomic E-state index is 13.6. The van der Waals surface area contributed by atoms with Crippen molar-refractivity contribution in [2.75, 3.05) is 52.4 Å². The number of hydrogen-bond acceptors (Lipinski definition) is 6. The molecule has 1 saturated heterocycles. The molecule has 3 amide bonds. The summed E-state index contributed by atoms with van der Waals surface area (Å²) in [6.07, 6.45) is 1.06. The summed E-state index contributed by atoms with van der Waals surface area (Å²) in [7, 11) is 3.35. The summed E-state index contributed by atoms with van der Waals surface area (Å²) in [6.45, 7) is 6.08. The number of ether oxygens (including phenoxy) is 3. The SMILES string of the molecule is CO[C@H]1CN(C)C(=O)c2cc(NC(=O)C3CCOCC3)ccc2OC[C@H](C)N(C(=O)c2ccccc2)C[C@@H]1C. The van der Waals surface area contributed by atoms with Gasteiger partial charge in [0.15, 0.2) is 0 Å². The molecule has 2 aromatic carbocycles. The molecule has 1 N–H and O–H groups in total. The van der Waals surface area contributed by atoms with Crippen molar-refractivity contribution in [1.29, 1.82) is 0 Å². The molecule has 0 bridgehead atoms. The molecule has 2 aromatic rings. The normalized spacial score (nSPS) is 23.2. The summed E-state index contributed by atoms with van der Waals surface area (Å²) in [5.74, 6) is -0.160. The Bertz CT molecular complexity index is 1150. The highest BCUT2D eigenvalue weighted by molar-refractivity contribution is 6.00. The van der Waals surface area contributed by atoms with Crippen LogP contribution in [0.5, 0.6) is 5.75 Å². The van der Waals surface area contributed by atoms with Crippen LogP contribution in [0.3, 0.4) is 0 Å². The monoisotopic (exact) mass is 537 g/mol. The van der Waals surface area contributed by atoms with Crippen LogP contribution in [0.25, 0.3) is 0 Å². The molecule has 0 saturated carbocycles. The Morgan fingerprint density at radius 1 is 1.03 bits per heavy atom. The van der Waals surface area contributed by atoms with Crippen LogP contribution in [-0.4, -0.2) is 86.7 Å². The number of methoxy groups -OCH3 is 1. The third kappa shape index (κ3) is 6.96. The maximum Gasteiger partial charge on any atom is 0.257 e. The van der Waals surface area contributed by atoms with Gasteiger partial charge < -0.3 is 29.3 Å². The molecule has 2 aliphatic rings. The maximum atomic E-state index is 13.6. The van der Waals surface area contributed by atoms with E-state index in [1.807, 2.05) is 49.1 Å². The number of amides is 3. The van der Waals surface area contributed by atoms with Crippen LogP contribution in [0.4, 0.5) is 5.69 Å². The largest absolute Gasteiger partial charge is 0.491 e. The van der Waals surface area contributed by atoms with E-state index in [1.165, 1.54) is 0 Å². The molecule has 0 unspecified atom stereocenters. The van der Waals surface area contributed by atoms with Crippen molar-refractivity contribution in [3.8, 4) is 5.75 Å². The molecule has 0 radical (unpaired) electrons. The van der Waals surface area contributed by atoms with Crippen LogP contribution in [0.15, 0.2) is 48.5 Å². The number of carbonyl (C=O) groups excluding carboxylic acids is 3. The van der Waals surface area contributed by atoms with Gasteiger partial charge in [-0.1, -0.05) is 25.1 Å². The summed E-state index contributed by atoms with van der Waals surface area (Å²) in [6, 6.07) is 14.0. The van der Waals surface area contributed by atoms with E-state index in [0.717, 1.165) is 0 Å². The minimum Gasteiger partial charge on any atom is -0.491 e. The van der Waals surface area contributed by atoms with Crippen LogP contribution in [0.2, 0.25) is 0 Å².